The van der Waals surface area contributed by atoms with Gasteiger partial charge in [-0.1, -0.05) is 18.2 Å². The second-order valence-corrected chi connectivity index (χ2v) is 6.19. The zero-order valence-electron chi connectivity index (χ0n) is 14.0. The molecule has 0 saturated carbocycles. The van der Waals surface area contributed by atoms with E-state index < -0.39 is 5.97 Å². The van der Waals surface area contributed by atoms with Gasteiger partial charge in [0.15, 0.2) is 0 Å². The minimum atomic E-state index is -0.466. The molecule has 1 heterocycles. The van der Waals surface area contributed by atoms with Crippen LogP contribution < -0.4 is 4.74 Å². The summed E-state index contributed by atoms with van der Waals surface area (Å²) < 4.78 is 23.4. The van der Waals surface area contributed by atoms with Crippen LogP contribution in [0.3, 0.4) is 0 Å². The molecule has 0 spiro atoms. The first-order valence-corrected chi connectivity index (χ1v) is 8.72. The first-order chi connectivity index (χ1) is 12.7. The van der Waals surface area contributed by atoms with E-state index in [2.05, 4.69) is 4.98 Å². The maximum absolute atomic E-state index is 13.0. The van der Waals surface area contributed by atoms with Gasteiger partial charge in [0.25, 0.3) is 0 Å². The third kappa shape index (κ3) is 4.55. The van der Waals surface area contributed by atoms with Gasteiger partial charge < -0.3 is 9.47 Å². The molecule has 3 rings (SSSR count). The molecule has 0 bridgehead atoms. The fraction of sp³-hybridized carbons (Fsp3) is 0.100. The Morgan fingerprint density at radius 3 is 2.73 bits per heavy atom. The molecule has 0 aliphatic carbocycles. The van der Waals surface area contributed by atoms with E-state index in [4.69, 9.17) is 9.47 Å². The first kappa shape index (κ1) is 17.8. The van der Waals surface area contributed by atoms with Crippen LogP contribution in [0.1, 0.15) is 11.3 Å². The van der Waals surface area contributed by atoms with Gasteiger partial charge in [-0.15, -0.1) is 11.3 Å². The highest BCUT2D eigenvalue weighted by atomic mass is 32.1. The molecule has 0 aliphatic rings. The Kier molecular flexibility index (Phi) is 5.76. The molecule has 0 atom stereocenters. The standard InChI is InChI=1S/C20H16FNO3S/c1-24-18-5-3-2-4-14(18)8-11-19(23)25-12-17-13-26-20(22-17)15-6-9-16(21)10-7-15/h2-11,13H,12H2,1H3/b11-8+. The molecule has 0 amide bonds. The summed E-state index contributed by atoms with van der Waals surface area (Å²) in [5, 5.41) is 2.57. The number of carbonyl (C=O) groups is 1. The molecular formula is C20H16FNO3S. The van der Waals surface area contributed by atoms with Gasteiger partial charge in [0.05, 0.1) is 12.8 Å². The van der Waals surface area contributed by atoms with Gasteiger partial charge in [-0.05, 0) is 36.4 Å². The summed E-state index contributed by atoms with van der Waals surface area (Å²) in [6, 6.07) is 13.5. The van der Waals surface area contributed by atoms with E-state index in [1.807, 2.05) is 29.6 Å². The van der Waals surface area contributed by atoms with Crippen LogP contribution in [0.25, 0.3) is 16.6 Å². The number of hydrogen-bond acceptors (Lipinski definition) is 5. The topological polar surface area (TPSA) is 48.4 Å². The summed E-state index contributed by atoms with van der Waals surface area (Å²) in [6.07, 6.45) is 3.00. The molecule has 4 nitrogen and oxygen atoms in total. The van der Waals surface area contributed by atoms with Gasteiger partial charge in [-0.2, -0.15) is 0 Å². The van der Waals surface area contributed by atoms with Crippen molar-refractivity contribution >= 4 is 23.4 Å². The molecule has 6 heteroatoms. The van der Waals surface area contributed by atoms with Gasteiger partial charge >= 0.3 is 5.97 Å². The molecule has 0 saturated heterocycles. The number of carbonyl (C=O) groups excluding carboxylic acids is 1. The molecule has 1 aromatic heterocycles. The van der Waals surface area contributed by atoms with Crippen molar-refractivity contribution in [3.63, 3.8) is 0 Å². The van der Waals surface area contributed by atoms with Crippen LogP contribution in [0.15, 0.2) is 60.0 Å². The molecule has 0 aliphatic heterocycles. The molecule has 2 aromatic carbocycles. The molecule has 0 fully saturated rings. The normalized spacial score (nSPS) is 10.8. The summed E-state index contributed by atoms with van der Waals surface area (Å²) in [4.78, 5) is 16.3. The lowest BCUT2D eigenvalue weighted by Gasteiger charge is -2.03. The number of thiazole rings is 1. The number of rotatable bonds is 6. The van der Waals surface area contributed by atoms with Crippen LogP contribution in [-0.4, -0.2) is 18.1 Å². The molecule has 26 heavy (non-hydrogen) atoms. The highest BCUT2D eigenvalue weighted by molar-refractivity contribution is 7.13. The molecule has 0 N–H and O–H groups in total. The van der Waals surface area contributed by atoms with Crippen LogP contribution >= 0.6 is 11.3 Å². The summed E-state index contributed by atoms with van der Waals surface area (Å²) in [5.74, 6) is -0.0754. The van der Waals surface area contributed by atoms with Gasteiger partial charge in [0.1, 0.15) is 23.2 Å². The molecule has 0 radical (unpaired) electrons. The minimum Gasteiger partial charge on any atom is -0.496 e. The van der Waals surface area contributed by atoms with Crippen LogP contribution in [0.4, 0.5) is 4.39 Å². The average Bonchev–Trinajstić information content (AvgIpc) is 3.14. The Bertz CT molecular complexity index is 919. The molecule has 3 aromatic rings. The van der Waals surface area contributed by atoms with Crippen molar-refractivity contribution in [3.05, 3.63) is 77.1 Å². The van der Waals surface area contributed by atoms with Crippen molar-refractivity contribution in [1.82, 2.24) is 4.98 Å². The highest BCUT2D eigenvalue weighted by Crippen LogP contribution is 2.24. The van der Waals surface area contributed by atoms with E-state index in [0.717, 1.165) is 16.1 Å². The number of ether oxygens (including phenoxy) is 2. The van der Waals surface area contributed by atoms with Crippen molar-refractivity contribution in [1.29, 1.82) is 0 Å². The highest BCUT2D eigenvalue weighted by Gasteiger charge is 2.07. The number of benzene rings is 2. The third-order valence-electron chi connectivity index (χ3n) is 3.54. The fourth-order valence-electron chi connectivity index (χ4n) is 2.25. The Morgan fingerprint density at radius 1 is 1.19 bits per heavy atom. The smallest absolute Gasteiger partial charge is 0.331 e. The maximum atomic E-state index is 13.0. The van der Waals surface area contributed by atoms with E-state index in [1.165, 1.54) is 29.5 Å². The predicted octanol–water partition coefficient (Wildman–Crippen LogP) is 4.71. The van der Waals surface area contributed by atoms with Gasteiger partial charge in [0.2, 0.25) is 0 Å². The summed E-state index contributed by atoms with van der Waals surface area (Å²) in [6.45, 7) is 0.0762. The number of para-hydroxylation sites is 1. The zero-order valence-corrected chi connectivity index (χ0v) is 14.8. The Hall–Kier alpha value is -2.99. The third-order valence-corrected chi connectivity index (χ3v) is 4.48. The van der Waals surface area contributed by atoms with Gasteiger partial charge in [-0.3, -0.25) is 0 Å². The number of hydrogen-bond donors (Lipinski definition) is 0. The average molecular weight is 369 g/mol. The SMILES string of the molecule is COc1ccccc1/C=C/C(=O)OCc1csc(-c2ccc(F)cc2)n1. The number of nitrogens with zero attached hydrogens (tertiary/aromatic N) is 1. The molecular weight excluding hydrogens is 353 g/mol. The van der Waals surface area contributed by atoms with Crippen molar-refractivity contribution in [3.8, 4) is 16.3 Å². The van der Waals surface area contributed by atoms with Crippen molar-refractivity contribution in [2.75, 3.05) is 7.11 Å². The van der Waals surface area contributed by atoms with E-state index in [1.54, 1.807) is 25.3 Å². The largest absolute Gasteiger partial charge is 0.496 e. The van der Waals surface area contributed by atoms with Crippen molar-refractivity contribution < 1.29 is 18.7 Å². The Labute approximate surface area is 154 Å². The van der Waals surface area contributed by atoms with Crippen LogP contribution in [-0.2, 0) is 16.1 Å². The van der Waals surface area contributed by atoms with Gasteiger partial charge in [-0.25, -0.2) is 14.2 Å². The van der Waals surface area contributed by atoms with E-state index in [9.17, 15) is 9.18 Å². The fourth-order valence-corrected chi connectivity index (χ4v) is 3.06. The molecule has 0 unspecified atom stereocenters. The summed E-state index contributed by atoms with van der Waals surface area (Å²) in [7, 11) is 1.58. The zero-order chi connectivity index (χ0) is 18.4. The summed E-state index contributed by atoms with van der Waals surface area (Å²) in [5.41, 5.74) is 2.26. The predicted molar refractivity (Wildman–Crippen MR) is 99.3 cm³/mol. The van der Waals surface area contributed by atoms with E-state index >= 15 is 0 Å². The van der Waals surface area contributed by atoms with Crippen molar-refractivity contribution in [2.24, 2.45) is 0 Å². The number of aromatic nitrogens is 1. The monoisotopic (exact) mass is 369 g/mol. The van der Waals surface area contributed by atoms with Crippen molar-refractivity contribution in [2.45, 2.75) is 6.61 Å². The van der Waals surface area contributed by atoms with Crippen LogP contribution in [0.5, 0.6) is 5.75 Å². The lowest BCUT2D eigenvalue weighted by atomic mass is 10.2. The number of halogens is 1. The van der Waals surface area contributed by atoms with Crippen LogP contribution in [0, 0.1) is 5.82 Å². The lowest BCUT2D eigenvalue weighted by molar-refractivity contribution is -0.139. The second-order valence-electron chi connectivity index (χ2n) is 5.33. The first-order valence-electron chi connectivity index (χ1n) is 7.84. The summed E-state index contributed by atoms with van der Waals surface area (Å²) >= 11 is 1.42. The Balaban J connectivity index is 1.58. The Morgan fingerprint density at radius 2 is 1.96 bits per heavy atom. The lowest BCUT2D eigenvalue weighted by Crippen LogP contribution is -2.01. The van der Waals surface area contributed by atoms with E-state index in [0.29, 0.717) is 11.4 Å². The number of methoxy groups -OCH3 is 1. The quantitative estimate of drug-likeness (QED) is 0.466. The minimum absolute atomic E-state index is 0.0762. The van der Waals surface area contributed by atoms with Gasteiger partial charge in [0, 0.05) is 22.6 Å². The van der Waals surface area contributed by atoms with E-state index in [-0.39, 0.29) is 12.4 Å². The maximum Gasteiger partial charge on any atom is 0.331 e. The second kappa shape index (κ2) is 8.40. The number of esters is 1. The van der Waals surface area contributed by atoms with Crippen LogP contribution in [0.2, 0.25) is 0 Å². The molecule has 132 valence electrons.